The molecule has 6 heteroatoms. The normalized spacial score (nSPS) is 10.9. The Morgan fingerprint density at radius 2 is 2.17 bits per heavy atom. The second-order valence-electron chi connectivity index (χ2n) is 2.30. The highest BCUT2D eigenvalue weighted by Crippen LogP contribution is 2.33. The summed E-state index contributed by atoms with van der Waals surface area (Å²) in [6.45, 7) is 1.56. The molecule has 2 N–H and O–H groups in total. The van der Waals surface area contributed by atoms with Gasteiger partial charge >= 0.3 is 5.97 Å². The molecule has 0 spiro atoms. The molecule has 0 aromatic carbocycles. The molecule has 0 saturated heterocycles. The van der Waals surface area contributed by atoms with Gasteiger partial charge in [0.25, 0.3) is 0 Å². The second kappa shape index (κ2) is 4.72. The van der Waals surface area contributed by atoms with Crippen LogP contribution in [-0.4, -0.2) is 28.5 Å². The van der Waals surface area contributed by atoms with Crippen LogP contribution in [0.4, 0.5) is 0 Å². The lowest BCUT2D eigenvalue weighted by Gasteiger charge is -2.07. The van der Waals surface area contributed by atoms with E-state index in [1.54, 1.807) is 0 Å². The molecule has 70 valence electrons. The van der Waals surface area contributed by atoms with Crippen LogP contribution >= 0.6 is 6.49 Å². The zero-order valence-corrected chi connectivity index (χ0v) is 8.40. The van der Waals surface area contributed by atoms with E-state index in [4.69, 9.17) is 9.79 Å². The molecule has 0 rings (SSSR count). The van der Waals surface area contributed by atoms with Gasteiger partial charge < -0.3 is 14.5 Å². The van der Waals surface area contributed by atoms with E-state index >= 15 is 0 Å². The number of hydrogen-bond acceptors (Lipinski definition) is 3. The molecule has 4 nitrogen and oxygen atoms in total. The maximum atomic E-state index is 10.7. The summed E-state index contributed by atoms with van der Waals surface area (Å²) in [5.41, 5.74) is 0.277. The van der Waals surface area contributed by atoms with Gasteiger partial charge in [-0.25, -0.2) is 4.79 Å². The first-order valence-electron chi connectivity index (χ1n) is 3.20. The minimum atomic E-state index is -3.23. The van der Waals surface area contributed by atoms with Crippen molar-refractivity contribution in [1.29, 1.82) is 0 Å². The Morgan fingerprint density at radius 1 is 1.67 bits per heavy atom. The Morgan fingerprint density at radius 3 is 2.50 bits per heavy atom. The topological polar surface area (TPSA) is 66.8 Å². The van der Waals surface area contributed by atoms with Crippen molar-refractivity contribution >= 4 is 24.3 Å². The number of rotatable bonds is 4. The molecule has 0 atom stereocenters. The van der Waals surface area contributed by atoms with Crippen LogP contribution in [0.2, 0.25) is 0 Å². The summed E-state index contributed by atoms with van der Waals surface area (Å²) in [6, 6.07) is 0. The minimum Gasteiger partial charge on any atom is -0.462 e. The van der Waals surface area contributed by atoms with Gasteiger partial charge in [-0.2, -0.15) is 0 Å². The molecule has 0 unspecified atom stereocenters. The fourth-order valence-electron chi connectivity index (χ4n) is 0.380. The Kier molecular flexibility index (Phi) is 4.63. The lowest BCUT2D eigenvalue weighted by Crippen LogP contribution is -2.08. The van der Waals surface area contributed by atoms with Crippen LogP contribution < -0.4 is 0 Å². The lowest BCUT2D eigenvalue weighted by molar-refractivity contribution is -0.138. The summed E-state index contributed by atoms with van der Waals surface area (Å²) < 4.78 is 4.58. The lowest BCUT2D eigenvalue weighted by atomic mass is 10.4. The van der Waals surface area contributed by atoms with Gasteiger partial charge in [-0.1, -0.05) is 6.58 Å². The van der Waals surface area contributed by atoms with E-state index in [1.165, 1.54) is 6.92 Å². The van der Waals surface area contributed by atoms with Gasteiger partial charge in [0.1, 0.15) is 6.61 Å². The van der Waals surface area contributed by atoms with Crippen LogP contribution in [0.15, 0.2) is 12.2 Å². The third-order valence-electron chi connectivity index (χ3n) is 0.964. The first-order valence-corrected chi connectivity index (χ1v) is 6.09. The van der Waals surface area contributed by atoms with Crippen molar-refractivity contribution in [2.24, 2.45) is 0 Å². The van der Waals surface area contributed by atoms with E-state index in [0.29, 0.717) is 0 Å². The second-order valence-corrected chi connectivity index (χ2v) is 5.84. The molecule has 0 heterocycles. The van der Waals surface area contributed by atoms with Gasteiger partial charge in [-0.15, -0.1) is 0 Å². The Balaban J connectivity index is 3.65. The maximum absolute atomic E-state index is 10.7. The van der Waals surface area contributed by atoms with E-state index in [2.05, 4.69) is 23.1 Å². The van der Waals surface area contributed by atoms with Crippen molar-refractivity contribution in [3.63, 3.8) is 0 Å². The van der Waals surface area contributed by atoms with Gasteiger partial charge in [0.15, 0.2) is 6.49 Å². The van der Waals surface area contributed by atoms with Gasteiger partial charge in [0.05, 0.1) is 6.16 Å². The molecule has 0 aromatic heterocycles. The third kappa shape index (κ3) is 6.49. The highest BCUT2D eigenvalue weighted by atomic mass is 32.5. The zero-order valence-electron chi connectivity index (χ0n) is 6.69. The molecule has 0 aliphatic carbocycles. The Hall–Kier alpha value is -0.220. The summed E-state index contributed by atoms with van der Waals surface area (Å²) in [7, 11) is 0. The molecule has 12 heavy (non-hydrogen) atoms. The molecule has 0 saturated carbocycles. The van der Waals surface area contributed by atoms with Crippen LogP contribution in [0, 0.1) is 0 Å². The molecule has 0 aliphatic heterocycles. The molecule has 0 aliphatic rings. The van der Waals surface area contributed by atoms with Crippen molar-refractivity contribution in [2.75, 3.05) is 12.8 Å². The highest BCUT2D eigenvalue weighted by Gasteiger charge is 2.09. The average molecular weight is 210 g/mol. The minimum absolute atomic E-state index is 0.0734. The summed E-state index contributed by atoms with van der Waals surface area (Å²) in [5.74, 6) is -0.543. The molecule has 0 aromatic rings. The van der Waals surface area contributed by atoms with Crippen molar-refractivity contribution < 1.29 is 19.3 Å². The van der Waals surface area contributed by atoms with E-state index in [0.717, 1.165) is 0 Å². The number of carbonyl (C=O) groups is 1. The molecule has 0 radical (unpaired) electrons. The predicted molar refractivity (Wildman–Crippen MR) is 49.4 cm³/mol. The van der Waals surface area contributed by atoms with Gasteiger partial charge in [0.2, 0.25) is 0 Å². The van der Waals surface area contributed by atoms with Crippen molar-refractivity contribution in [3.05, 3.63) is 12.2 Å². The van der Waals surface area contributed by atoms with Gasteiger partial charge in [-0.05, 0) is 18.7 Å². The molecule has 0 bridgehead atoms. The highest BCUT2D eigenvalue weighted by molar-refractivity contribution is 8.09. The van der Waals surface area contributed by atoms with E-state index in [-0.39, 0.29) is 18.3 Å². The van der Waals surface area contributed by atoms with Crippen LogP contribution in [-0.2, 0) is 21.3 Å². The van der Waals surface area contributed by atoms with Crippen LogP contribution in [0.5, 0.6) is 0 Å². The van der Waals surface area contributed by atoms with Crippen LogP contribution in [0.25, 0.3) is 0 Å². The molecular formula is C6H11O4PS. The first kappa shape index (κ1) is 11.8. The number of ether oxygens (including phenoxy) is 1. The van der Waals surface area contributed by atoms with Crippen molar-refractivity contribution in [2.45, 2.75) is 6.92 Å². The summed E-state index contributed by atoms with van der Waals surface area (Å²) in [5, 5.41) is 0. The quantitative estimate of drug-likeness (QED) is 0.399. The summed E-state index contributed by atoms with van der Waals surface area (Å²) in [4.78, 5) is 28.2. The Bertz CT molecular complexity index is 232. The van der Waals surface area contributed by atoms with Crippen molar-refractivity contribution in [1.82, 2.24) is 0 Å². The standard InChI is InChI=1S/C6H11O4PS/c1-5(2)6(7)10-3-4-11(8,9)12/h1,3-4H2,2H3,(H2,8,9,12). The smallest absolute Gasteiger partial charge is 0.333 e. The summed E-state index contributed by atoms with van der Waals surface area (Å²) >= 11 is 4.31. The molecular weight excluding hydrogens is 199 g/mol. The largest absolute Gasteiger partial charge is 0.462 e. The van der Waals surface area contributed by atoms with Crippen LogP contribution in [0.3, 0.4) is 0 Å². The summed E-state index contributed by atoms with van der Waals surface area (Å²) in [6.07, 6.45) is -0.0820. The van der Waals surface area contributed by atoms with E-state index in [1.807, 2.05) is 0 Å². The van der Waals surface area contributed by atoms with Crippen molar-refractivity contribution in [3.8, 4) is 0 Å². The zero-order chi connectivity index (χ0) is 9.78. The van der Waals surface area contributed by atoms with E-state index < -0.39 is 12.5 Å². The fraction of sp³-hybridized carbons (Fsp3) is 0.500. The fourth-order valence-corrected chi connectivity index (χ4v) is 0.933. The van der Waals surface area contributed by atoms with E-state index in [9.17, 15) is 4.79 Å². The number of carbonyl (C=O) groups excluding carboxylic acids is 1. The maximum Gasteiger partial charge on any atom is 0.333 e. The molecule has 0 fully saturated rings. The van der Waals surface area contributed by atoms with Gasteiger partial charge in [0, 0.05) is 5.57 Å². The SMILES string of the molecule is C=C(C)C(=O)OCCP(O)(O)=S. The Labute approximate surface area is 76.0 Å². The monoisotopic (exact) mass is 210 g/mol. The molecule has 0 amide bonds. The average Bonchev–Trinajstić information content (AvgIpc) is 1.84. The predicted octanol–water partition coefficient (Wildman–Crippen LogP) is 0.400. The third-order valence-corrected chi connectivity index (χ3v) is 2.28. The number of esters is 1. The number of hydrogen-bond donors (Lipinski definition) is 2. The first-order chi connectivity index (χ1) is 5.33. The van der Waals surface area contributed by atoms with Crippen LogP contribution in [0.1, 0.15) is 6.92 Å². The van der Waals surface area contributed by atoms with Gasteiger partial charge in [-0.3, -0.25) is 0 Å².